The second kappa shape index (κ2) is 5.47. The van der Waals surface area contributed by atoms with Gasteiger partial charge in [-0.1, -0.05) is 6.07 Å². The minimum absolute atomic E-state index is 0.113. The first-order valence-corrected chi connectivity index (χ1v) is 5.97. The molecule has 1 heterocycles. The zero-order valence-electron chi connectivity index (χ0n) is 10.8. The molecule has 1 aromatic carbocycles. The molecule has 0 unspecified atom stereocenters. The van der Waals surface area contributed by atoms with Gasteiger partial charge in [0.25, 0.3) is 5.69 Å². The van der Waals surface area contributed by atoms with Crippen LogP contribution in [-0.2, 0) is 13.1 Å². The monoisotopic (exact) mass is 261 g/mol. The van der Waals surface area contributed by atoms with E-state index in [1.807, 2.05) is 17.6 Å². The fourth-order valence-electron chi connectivity index (χ4n) is 1.78. The Labute approximate surface area is 110 Å². The van der Waals surface area contributed by atoms with Gasteiger partial charge in [0, 0.05) is 23.9 Å². The summed E-state index contributed by atoms with van der Waals surface area (Å²) in [5.74, 6) is 0.797. The van der Waals surface area contributed by atoms with Gasteiger partial charge in [0.15, 0.2) is 5.82 Å². The van der Waals surface area contributed by atoms with Crippen LogP contribution in [0.2, 0.25) is 0 Å². The third-order valence-electron chi connectivity index (χ3n) is 2.89. The van der Waals surface area contributed by atoms with Crippen LogP contribution in [0.4, 0.5) is 11.4 Å². The summed E-state index contributed by atoms with van der Waals surface area (Å²) < 4.78 is 1.91. The average molecular weight is 261 g/mol. The van der Waals surface area contributed by atoms with E-state index in [0.29, 0.717) is 17.8 Å². The van der Waals surface area contributed by atoms with Crippen LogP contribution in [0.1, 0.15) is 18.3 Å². The molecule has 0 saturated carbocycles. The predicted molar refractivity (Wildman–Crippen MR) is 70.9 cm³/mol. The maximum atomic E-state index is 10.9. The molecule has 7 heteroatoms. The highest BCUT2D eigenvalue weighted by Gasteiger charge is 2.11. The van der Waals surface area contributed by atoms with Gasteiger partial charge in [-0.2, -0.15) is 0 Å². The molecule has 0 aliphatic carbocycles. The van der Waals surface area contributed by atoms with Gasteiger partial charge in [0.05, 0.1) is 11.5 Å². The van der Waals surface area contributed by atoms with Crippen LogP contribution < -0.4 is 5.32 Å². The molecule has 2 aromatic rings. The lowest BCUT2D eigenvalue weighted by Gasteiger charge is -2.07. The number of aryl methyl sites for hydroxylation is 2. The summed E-state index contributed by atoms with van der Waals surface area (Å²) in [7, 11) is 0. The first-order valence-electron chi connectivity index (χ1n) is 5.97. The Morgan fingerprint density at radius 1 is 1.47 bits per heavy atom. The Hall–Kier alpha value is -2.44. The molecule has 0 amide bonds. The van der Waals surface area contributed by atoms with Gasteiger partial charge >= 0.3 is 0 Å². The Morgan fingerprint density at radius 3 is 2.95 bits per heavy atom. The Kier molecular flexibility index (Phi) is 3.74. The van der Waals surface area contributed by atoms with Gasteiger partial charge in [0.1, 0.15) is 6.33 Å². The number of nitro groups is 1. The number of nitro benzene ring substituents is 1. The van der Waals surface area contributed by atoms with Crippen molar-refractivity contribution >= 4 is 11.4 Å². The van der Waals surface area contributed by atoms with Crippen LogP contribution in [0.15, 0.2) is 24.5 Å². The zero-order valence-corrected chi connectivity index (χ0v) is 10.8. The number of aromatic nitrogens is 3. The molecule has 7 nitrogen and oxygen atoms in total. The summed E-state index contributed by atoms with van der Waals surface area (Å²) in [6.07, 6.45) is 1.66. The zero-order chi connectivity index (χ0) is 13.8. The van der Waals surface area contributed by atoms with Crippen LogP contribution >= 0.6 is 0 Å². The van der Waals surface area contributed by atoms with Crippen molar-refractivity contribution in [2.75, 3.05) is 5.32 Å². The number of anilines is 1. The van der Waals surface area contributed by atoms with Crippen molar-refractivity contribution in [1.82, 2.24) is 14.8 Å². The van der Waals surface area contributed by atoms with Gasteiger partial charge < -0.3 is 9.88 Å². The molecule has 100 valence electrons. The van der Waals surface area contributed by atoms with Gasteiger partial charge in [0.2, 0.25) is 0 Å². The molecule has 1 N–H and O–H groups in total. The number of nitrogens with one attached hydrogen (secondary N) is 1. The Bertz CT molecular complexity index is 594. The van der Waals surface area contributed by atoms with Crippen molar-refractivity contribution in [2.45, 2.75) is 26.9 Å². The van der Waals surface area contributed by atoms with Crippen molar-refractivity contribution < 1.29 is 4.92 Å². The summed E-state index contributed by atoms with van der Waals surface area (Å²) in [5.41, 5.74) is 1.46. The van der Waals surface area contributed by atoms with Gasteiger partial charge in [-0.15, -0.1) is 10.2 Å². The van der Waals surface area contributed by atoms with E-state index in [4.69, 9.17) is 0 Å². The normalized spacial score (nSPS) is 10.4. The fraction of sp³-hybridized carbons (Fsp3) is 0.333. The molecular formula is C12H15N5O2. The summed E-state index contributed by atoms with van der Waals surface area (Å²) >= 11 is 0. The first-order chi connectivity index (χ1) is 9.11. The molecule has 0 bridgehead atoms. The van der Waals surface area contributed by atoms with E-state index in [2.05, 4.69) is 15.5 Å². The highest BCUT2D eigenvalue weighted by atomic mass is 16.6. The lowest BCUT2D eigenvalue weighted by atomic mass is 10.2. The standard InChI is InChI=1S/C12H15N5O2/c1-3-16-8-14-15-12(16)7-13-10-5-4-9(2)11(6-10)17(18)19/h4-6,8,13H,3,7H2,1-2H3. The second-order valence-corrected chi connectivity index (χ2v) is 4.15. The Balaban J connectivity index is 2.12. The number of rotatable bonds is 5. The molecule has 2 rings (SSSR count). The molecular weight excluding hydrogens is 246 g/mol. The number of hydrogen-bond acceptors (Lipinski definition) is 5. The summed E-state index contributed by atoms with van der Waals surface area (Å²) in [5, 5.41) is 21.8. The van der Waals surface area contributed by atoms with E-state index in [-0.39, 0.29) is 10.6 Å². The first kappa shape index (κ1) is 13.0. The van der Waals surface area contributed by atoms with Crippen LogP contribution in [0.3, 0.4) is 0 Å². The molecule has 19 heavy (non-hydrogen) atoms. The van der Waals surface area contributed by atoms with E-state index in [1.54, 1.807) is 19.3 Å². The highest BCUT2D eigenvalue weighted by Crippen LogP contribution is 2.22. The van der Waals surface area contributed by atoms with Crippen molar-refractivity contribution in [3.05, 3.63) is 46.0 Å². The summed E-state index contributed by atoms with van der Waals surface area (Å²) in [6.45, 7) is 4.99. The smallest absolute Gasteiger partial charge is 0.274 e. The molecule has 0 aliphatic heterocycles. The van der Waals surface area contributed by atoms with Gasteiger partial charge in [-0.05, 0) is 19.9 Å². The maximum Gasteiger partial charge on any atom is 0.274 e. The van der Waals surface area contributed by atoms with E-state index in [9.17, 15) is 10.1 Å². The minimum Gasteiger partial charge on any atom is -0.378 e. The number of nitrogens with zero attached hydrogens (tertiary/aromatic N) is 4. The minimum atomic E-state index is -0.380. The molecule has 0 fully saturated rings. The largest absolute Gasteiger partial charge is 0.378 e. The van der Waals surface area contributed by atoms with Crippen LogP contribution in [-0.4, -0.2) is 19.7 Å². The maximum absolute atomic E-state index is 10.9. The van der Waals surface area contributed by atoms with Gasteiger partial charge in [-0.25, -0.2) is 0 Å². The van der Waals surface area contributed by atoms with E-state index in [1.165, 1.54) is 6.07 Å². The molecule has 0 aliphatic rings. The highest BCUT2D eigenvalue weighted by molar-refractivity contribution is 5.54. The number of hydrogen-bond donors (Lipinski definition) is 1. The van der Waals surface area contributed by atoms with Gasteiger partial charge in [-0.3, -0.25) is 10.1 Å². The van der Waals surface area contributed by atoms with Crippen molar-refractivity contribution in [2.24, 2.45) is 0 Å². The van der Waals surface area contributed by atoms with Crippen LogP contribution in [0, 0.1) is 17.0 Å². The molecule has 0 atom stereocenters. The van der Waals surface area contributed by atoms with Crippen LogP contribution in [0.5, 0.6) is 0 Å². The SMILES string of the molecule is CCn1cnnc1CNc1ccc(C)c([N+](=O)[O-])c1. The average Bonchev–Trinajstić information content (AvgIpc) is 2.84. The molecule has 1 aromatic heterocycles. The molecule has 0 saturated heterocycles. The molecule has 0 radical (unpaired) electrons. The Morgan fingerprint density at radius 2 is 2.26 bits per heavy atom. The van der Waals surface area contributed by atoms with E-state index in [0.717, 1.165) is 12.4 Å². The van der Waals surface area contributed by atoms with E-state index < -0.39 is 0 Å². The van der Waals surface area contributed by atoms with E-state index >= 15 is 0 Å². The summed E-state index contributed by atoms with van der Waals surface area (Å²) in [6, 6.07) is 5.07. The van der Waals surface area contributed by atoms with Crippen molar-refractivity contribution in [3.8, 4) is 0 Å². The fourth-order valence-corrected chi connectivity index (χ4v) is 1.78. The van der Waals surface area contributed by atoms with Crippen molar-refractivity contribution in [1.29, 1.82) is 0 Å². The quantitative estimate of drug-likeness (QED) is 0.658. The predicted octanol–water partition coefficient (Wildman–Crippen LogP) is 2.13. The lowest BCUT2D eigenvalue weighted by molar-refractivity contribution is -0.385. The van der Waals surface area contributed by atoms with Crippen molar-refractivity contribution in [3.63, 3.8) is 0 Å². The lowest BCUT2D eigenvalue weighted by Crippen LogP contribution is -2.07. The second-order valence-electron chi connectivity index (χ2n) is 4.15. The third-order valence-corrected chi connectivity index (χ3v) is 2.89. The molecule has 0 spiro atoms. The van der Waals surface area contributed by atoms with Crippen LogP contribution in [0.25, 0.3) is 0 Å². The topological polar surface area (TPSA) is 85.9 Å². The number of benzene rings is 1. The summed E-state index contributed by atoms with van der Waals surface area (Å²) in [4.78, 5) is 10.5. The third kappa shape index (κ3) is 2.87.